The van der Waals surface area contributed by atoms with E-state index < -0.39 is 22.9 Å². The highest BCUT2D eigenvalue weighted by Crippen LogP contribution is 2.31. The first-order chi connectivity index (χ1) is 6.82. The number of rotatable bonds is 1. The van der Waals surface area contributed by atoms with Crippen molar-refractivity contribution < 1.29 is 22.0 Å². The van der Waals surface area contributed by atoms with Crippen molar-refractivity contribution in [3.05, 3.63) is 40.7 Å². The zero-order valence-electron chi connectivity index (χ0n) is 7.08. The third kappa shape index (κ3) is 2.92. The molecule has 0 aromatic heterocycles. The third-order valence-electron chi connectivity index (χ3n) is 1.63. The maximum absolute atomic E-state index is 12.8. The van der Waals surface area contributed by atoms with Crippen LogP contribution in [-0.4, -0.2) is 0 Å². The van der Waals surface area contributed by atoms with Gasteiger partial charge in [-0.25, -0.2) is 4.39 Å². The summed E-state index contributed by atoms with van der Waals surface area (Å²) in [7, 11) is 0. The number of halogens is 6. The predicted molar refractivity (Wildman–Crippen MR) is 46.4 cm³/mol. The molecule has 15 heavy (non-hydrogen) atoms. The van der Waals surface area contributed by atoms with Crippen LogP contribution in [0.25, 0.3) is 5.83 Å². The maximum Gasteiger partial charge on any atom is 0.416 e. The van der Waals surface area contributed by atoms with Crippen LogP contribution in [0.3, 0.4) is 0 Å². The van der Waals surface area contributed by atoms with Gasteiger partial charge in [-0.3, -0.25) is 0 Å². The first-order valence-electron chi connectivity index (χ1n) is 3.71. The van der Waals surface area contributed by atoms with Gasteiger partial charge in [0, 0.05) is 5.56 Å². The normalized spacial score (nSPS) is 13.7. The maximum atomic E-state index is 12.8. The van der Waals surface area contributed by atoms with Crippen LogP contribution >= 0.6 is 11.6 Å². The Morgan fingerprint density at radius 1 is 1.00 bits per heavy atom. The molecule has 0 nitrogen and oxygen atoms in total. The molecule has 0 amide bonds. The molecule has 6 heteroatoms. The molecule has 0 saturated heterocycles. The average Bonchev–Trinajstić information content (AvgIpc) is 2.15. The highest BCUT2D eigenvalue weighted by molar-refractivity contribution is 6.30. The Morgan fingerprint density at radius 2 is 1.47 bits per heavy atom. The van der Waals surface area contributed by atoms with E-state index in [2.05, 4.69) is 0 Å². The summed E-state index contributed by atoms with van der Waals surface area (Å²) >= 11 is 4.71. The van der Waals surface area contributed by atoms with Crippen LogP contribution in [0.5, 0.6) is 0 Å². The number of alkyl halides is 3. The van der Waals surface area contributed by atoms with E-state index >= 15 is 0 Å². The molecular formula is C9H4ClF5. The first-order valence-corrected chi connectivity index (χ1v) is 4.08. The zero-order valence-corrected chi connectivity index (χ0v) is 7.83. The van der Waals surface area contributed by atoms with E-state index in [0.29, 0.717) is 12.1 Å². The summed E-state index contributed by atoms with van der Waals surface area (Å²) in [5, 5.41) is -1.59. The Balaban J connectivity index is 3.07. The minimum Gasteiger partial charge on any atom is -0.202 e. The van der Waals surface area contributed by atoms with Gasteiger partial charge in [0.25, 0.3) is 0 Å². The molecule has 0 spiro atoms. The van der Waals surface area contributed by atoms with E-state index in [1.165, 1.54) is 0 Å². The fourth-order valence-electron chi connectivity index (χ4n) is 0.915. The van der Waals surface area contributed by atoms with Gasteiger partial charge in [0.15, 0.2) is 5.83 Å². The van der Waals surface area contributed by atoms with E-state index in [-0.39, 0.29) is 5.56 Å². The quantitative estimate of drug-likeness (QED) is 0.636. The smallest absolute Gasteiger partial charge is 0.202 e. The fourth-order valence-corrected chi connectivity index (χ4v) is 1.02. The summed E-state index contributed by atoms with van der Waals surface area (Å²) in [5.41, 5.74) is -1.27. The van der Waals surface area contributed by atoms with Gasteiger partial charge in [-0.2, -0.15) is 17.6 Å². The SMILES string of the molecule is F/C(Cl)=C(\F)c1ccc(C(F)(F)F)cc1. The van der Waals surface area contributed by atoms with Crippen LogP contribution in [0, 0.1) is 0 Å². The predicted octanol–water partition coefficient (Wildman–Crippen LogP) is 4.51. The Labute approximate surface area is 87.0 Å². The van der Waals surface area contributed by atoms with E-state index in [9.17, 15) is 22.0 Å². The van der Waals surface area contributed by atoms with Crippen LogP contribution in [0.4, 0.5) is 22.0 Å². The zero-order chi connectivity index (χ0) is 11.6. The standard InChI is InChI=1S/C9H4ClF5/c10-8(12)7(11)5-1-3-6(4-2-5)9(13,14)15/h1-4H/b8-7-. The molecule has 0 aliphatic carbocycles. The molecule has 0 bridgehead atoms. The molecule has 1 aromatic carbocycles. The lowest BCUT2D eigenvalue weighted by atomic mass is 10.1. The van der Waals surface area contributed by atoms with Gasteiger partial charge in [0.2, 0.25) is 5.29 Å². The third-order valence-corrected chi connectivity index (χ3v) is 1.80. The molecule has 0 aliphatic rings. The van der Waals surface area contributed by atoms with Gasteiger partial charge in [-0.05, 0) is 23.7 Å². The van der Waals surface area contributed by atoms with E-state index in [4.69, 9.17) is 11.6 Å². The van der Waals surface area contributed by atoms with E-state index in [0.717, 1.165) is 12.1 Å². The van der Waals surface area contributed by atoms with Gasteiger partial charge in [0.1, 0.15) is 0 Å². The molecule has 0 fully saturated rings. The molecule has 1 rings (SSSR count). The molecule has 82 valence electrons. The van der Waals surface area contributed by atoms with Crippen molar-refractivity contribution in [2.24, 2.45) is 0 Å². The van der Waals surface area contributed by atoms with Crippen LogP contribution in [0.15, 0.2) is 29.6 Å². The summed E-state index contributed by atoms with van der Waals surface area (Å²) in [4.78, 5) is 0. The highest BCUT2D eigenvalue weighted by atomic mass is 35.5. The van der Waals surface area contributed by atoms with Crippen molar-refractivity contribution in [3.63, 3.8) is 0 Å². The van der Waals surface area contributed by atoms with E-state index in [1.54, 1.807) is 0 Å². The lowest BCUT2D eigenvalue weighted by Gasteiger charge is -2.06. The van der Waals surface area contributed by atoms with Gasteiger partial charge < -0.3 is 0 Å². The summed E-state index contributed by atoms with van der Waals surface area (Å²) in [6.07, 6.45) is -4.50. The molecule has 0 atom stereocenters. The highest BCUT2D eigenvalue weighted by Gasteiger charge is 2.30. The van der Waals surface area contributed by atoms with Crippen LogP contribution in [-0.2, 0) is 6.18 Å². The monoisotopic (exact) mass is 242 g/mol. The minimum absolute atomic E-state index is 0.338. The summed E-state index contributed by atoms with van der Waals surface area (Å²) in [6.45, 7) is 0. The van der Waals surface area contributed by atoms with Crippen LogP contribution < -0.4 is 0 Å². The molecule has 0 saturated carbocycles. The second kappa shape index (κ2) is 4.18. The van der Waals surface area contributed by atoms with Crippen molar-refractivity contribution in [1.29, 1.82) is 0 Å². The molecule has 0 radical (unpaired) electrons. The minimum atomic E-state index is -4.50. The first kappa shape index (κ1) is 12.0. The van der Waals surface area contributed by atoms with Crippen molar-refractivity contribution in [3.8, 4) is 0 Å². The number of hydrogen-bond acceptors (Lipinski definition) is 0. The lowest BCUT2D eigenvalue weighted by molar-refractivity contribution is -0.137. The topological polar surface area (TPSA) is 0 Å². The molecule has 0 N–H and O–H groups in total. The summed E-state index contributed by atoms with van der Waals surface area (Å²) < 4.78 is 61.2. The molecule has 0 aliphatic heterocycles. The molecule has 0 heterocycles. The lowest BCUT2D eigenvalue weighted by Crippen LogP contribution is -2.04. The molecular weight excluding hydrogens is 239 g/mol. The largest absolute Gasteiger partial charge is 0.416 e. The van der Waals surface area contributed by atoms with Gasteiger partial charge in [-0.15, -0.1) is 0 Å². The van der Waals surface area contributed by atoms with Crippen molar-refractivity contribution in [1.82, 2.24) is 0 Å². The fraction of sp³-hybridized carbons (Fsp3) is 0.111. The second-order valence-electron chi connectivity index (χ2n) is 2.65. The Bertz CT molecular complexity index is 372. The summed E-state index contributed by atoms with van der Waals surface area (Å²) in [5.74, 6) is -1.38. The molecule has 1 aromatic rings. The second-order valence-corrected chi connectivity index (χ2v) is 2.98. The summed E-state index contributed by atoms with van der Waals surface area (Å²) in [6, 6.07) is 2.91. The van der Waals surface area contributed by atoms with Crippen molar-refractivity contribution in [2.75, 3.05) is 0 Å². The Morgan fingerprint density at radius 3 is 1.80 bits per heavy atom. The van der Waals surface area contributed by atoms with Crippen LogP contribution in [0.2, 0.25) is 0 Å². The number of benzene rings is 1. The van der Waals surface area contributed by atoms with Crippen LogP contribution in [0.1, 0.15) is 11.1 Å². The van der Waals surface area contributed by atoms with E-state index in [1.807, 2.05) is 0 Å². The number of hydrogen-bond donors (Lipinski definition) is 0. The Hall–Kier alpha value is -1.10. The van der Waals surface area contributed by atoms with Crippen molar-refractivity contribution >= 4 is 17.4 Å². The Kier molecular flexibility index (Phi) is 3.34. The van der Waals surface area contributed by atoms with Gasteiger partial charge in [-0.1, -0.05) is 12.1 Å². The molecule has 0 unspecified atom stereocenters. The van der Waals surface area contributed by atoms with Gasteiger partial charge in [0.05, 0.1) is 5.56 Å². The average molecular weight is 243 g/mol. The van der Waals surface area contributed by atoms with Crippen molar-refractivity contribution in [2.45, 2.75) is 6.18 Å². The van der Waals surface area contributed by atoms with Gasteiger partial charge >= 0.3 is 6.18 Å².